The second-order valence-electron chi connectivity index (χ2n) is 4.73. The molecule has 0 saturated heterocycles. The lowest BCUT2D eigenvalue weighted by Crippen LogP contribution is -2.18. The number of hydrogen-bond acceptors (Lipinski definition) is 1. The van der Waals surface area contributed by atoms with Crippen molar-refractivity contribution >= 4 is 23.2 Å². The van der Waals surface area contributed by atoms with E-state index in [9.17, 15) is 0 Å². The van der Waals surface area contributed by atoms with Crippen LogP contribution in [0.15, 0.2) is 42.5 Å². The molecule has 2 rings (SSSR count). The van der Waals surface area contributed by atoms with Crippen LogP contribution in [0.1, 0.15) is 29.7 Å². The van der Waals surface area contributed by atoms with E-state index in [1.165, 1.54) is 16.7 Å². The van der Waals surface area contributed by atoms with Gasteiger partial charge in [-0.2, -0.15) is 0 Å². The van der Waals surface area contributed by atoms with E-state index in [4.69, 9.17) is 23.2 Å². The molecule has 0 amide bonds. The minimum atomic E-state index is 0.258. The Morgan fingerprint density at radius 2 is 1.79 bits per heavy atom. The van der Waals surface area contributed by atoms with Gasteiger partial charge in [0, 0.05) is 22.6 Å². The zero-order chi connectivity index (χ0) is 13.8. The molecule has 19 heavy (non-hydrogen) atoms. The fraction of sp³-hybridized carbons (Fsp3) is 0.250. The summed E-state index contributed by atoms with van der Waals surface area (Å²) in [7, 11) is 0. The van der Waals surface area contributed by atoms with Crippen LogP contribution in [0.5, 0.6) is 0 Å². The predicted molar refractivity (Wildman–Crippen MR) is 82.9 cm³/mol. The number of rotatable bonds is 4. The van der Waals surface area contributed by atoms with Gasteiger partial charge in [0.05, 0.1) is 0 Å². The molecule has 2 aromatic rings. The first-order valence-electron chi connectivity index (χ1n) is 6.30. The molecular formula is C16H17Cl2N. The molecular weight excluding hydrogens is 277 g/mol. The molecule has 0 aliphatic carbocycles. The lowest BCUT2D eigenvalue weighted by Gasteiger charge is -2.15. The Kier molecular flexibility index (Phi) is 4.87. The van der Waals surface area contributed by atoms with Gasteiger partial charge < -0.3 is 5.32 Å². The standard InChI is InChI=1S/C16H17Cl2N/c1-11-8-16(18)7-6-14(11)10-19-12(2)13-4-3-5-15(17)9-13/h3-9,12,19H,10H2,1-2H3/t12-/m0/s1. The molecule has 2 aromatic carbocycles. The summed E-state index contributed by atoms with van der Waals surface area (Å²) in [5, 5.41) is 5.05. The van der Waals surface area contributed by atoms with E-state index in [1.54, 1.807) is 0 Å². The van der Waals surface area contributed by atoms with E-state index >= 15 is 0 Å². The van der Waals surface area contributed by atoms with E-state index in [0.717, 1.165) is 16.6 Å². The van der Waals surface area contributed by atoms with Crippen molar-refractivity contribution < 1.29 is 0 Å². The van der Waals surface area contributed by atoms with Crippen molar-refractivity contribution in [1.29, 1.82) is 0 Å². The Hall–Kier alpha value is -1.02. The van der Waals surface area contributed by atoms with Crippen molar-refractivity contribution in [2.75, 3.05) is 0 Å². The van der Waals surface area contributed by atoms with Crippen molar-refractivity contribution in [3.05, 3.63) is 69.2 Å². The Labute approximate surface area is 124 Å². The number of halogens is 2. The van der Waals surface area contributed by atoms with Gasteiger partial charge in [-0.25, -0.2) is 0 Å². The molecule has 1 nitrogen and oxygen atoms in total. The Morgan fingerprint density at radius 3 is 2.47 bits per heavy atom. The SMILES string of the molecule is Cc1cc(Cl)ccc1CN[C@@H](C)c1cccc(Cl)c1. The summed E-state index contributed by atoms with van der Waals surface area (Å²) in [6, 6.07) is 14.2. The third-order valence-electron chi connectivity index (χ3n) is 3.25. The summed E-state index contributed by atoms with van der Waals surface area (Å²) >= 11 is 12.0. The topological polar surface area (TPSA) is 12.0 Å². The van der Waals surface area contributed by atoms with E-state index in [2.05, 4.69) is 31.3 Å². The van der Waals surface area contributed by atoms with Crippen LogP contribution in [-0.4, -0.2) is 0 Å². The molecule has 0 unspecified atom stereocenters. The highest BCUT2D eigenvalue weighted by atomic mass is 35.5. The van der Waals surface area contributed by atoms with Crippen molar-refractivity contribution in [1.82, 2.24) is 5.32 Å². The number of nitrogens with one attached hydrogen (secondary N) is 1. The summed E-state index contributed by atoms with van der Waals surface area (Å²) in [5.41, 5.74) is 3.66. The Bertz CT molecular complexity index is 566. The van der Waals surface area contributed by atoms with Crippen molar-refractivity contribution in [2.24, 2.45) is 0 Å². The molecule has 0 radical (unpaired) electrons. The first kappa shape index (κ1) is 14.4. The van der Waals surface area contributed by atoms with Gasteiger partial charge in [0.25, 0.3) is 0 Å². The summed E-state index contributed by atoms with van der Waals surface area (Å²) in [5.74, 6) is 0. The molecule has 1 atom stereocenters. The molecule has 0 heterocycles. The number of hydrogen-bond donors (Lipinski definition) is 1. The van der Waals surface area contributed by atoms with Crippen LogP contribution in [0.4, 0.5) is 0 Å². The van der Waals surface area contributed by atoms with E-state index in [1.807, 2.05) is 30.3 Å². The van der Waals surface area contributed by atoms with Crippen LogP contribution in [0.3, 0.4) is 0 Å². The van der Waals surface area contributed by atoms with Crippen LogP contribution in [0.2, 0.25) is 10.0 Å². The molecule has 0 fully saturated rings. The Morgan fingerprint density at radius 1 is 1.05 bits per heavy atom. The third-order valence-corrected chi connectivity index (χ3v) is 3.72. The Balaban J connectivity index is 2.02. The van der Waals surface area contributed by atoms with Crippen LogP contribution >= 0.6 is 23.2 Å². The quantitative estimate of drug-likeness (QED) is 0.822. The third kappa shape index (κ3) is 3.97. The van der Waals surface area contributed by atoms with Gasteiger partial charge in [0.15, 0.2) is 0 Å². The summed E-state index contributed by atoms with van der Waals surface area (Å²) in [6.45, 7) is 5.03. The van der Waals surface area contributed by atoms with E-state index in [-0.39, 0.29) is 6.04 Å². The minimum absolute atomic E-state index is 0.258. The second kappa shape index (κ2) is 6.42. The first-order chi connectivity index (χ1) is 9.06. The average molecular weight is 294 g/mol. The van der Waals surface area contributed by atoms with Crippen LogP contribution < -0.4 is 5.32 Å². The van der Waals surface area contributed by atoms with Crippen LogP contribution in [0, 0.1) is 6.92 Å². The number of aryl methyl sites for hydroxylation is 1. The molecule has 0 aliphatic rings. The molecule has 0 bridgehead atoms. The summed E-state index contributed by atoms with van der Waals surface area (Å²) < 4.78 is 0. The zero-order valence-electron chi connectivity index (χ0n) is 11.1. The normalized spacial score (nSPS) is 12.4. The van der Waals surface area contributed by atoms with Crippen LogP contribution in [-0.2, 0) is 6.54 Å². The monoisotopic (exact) mass is 293 g/mol. The summed E-state index contributed by atoms with van der Waals surface area (Å²) in [4.78, 5) is 0. The molecule has 0 spiro atoms. The number of benzene rings is 2. The molecule has 1 N–H and O–H groups in total. The van der Waals surface area contributed by atoms with Gasteiger partial charge in [0.1, 0.15) is 0 Å². The molecule has 0 saturated carbocycles. The van der Waals surface area contributed by atoms with E-state index < -0.39 is 0 Å². The highest BCUT2D eigenvalue weighted by molar-refractivity contribution is 6.30. The van der Waals surface area contributed by atoms with Gasteiger partial charge in [-0.15, -0.1) is 0 Å². The van der Waals surface area contributed by atoms with Gasteiger partial charge >= 0.3 is 0 Å². The van der Waals surface area contributed by atoms with Gasteiger partial charge in [-0.05, 0) is 54.8 Å². The lowest BCUT2D eigenvalue weighted by atomic mass is 10.1. The predicted octanol–water partition coefficient (Wildman–Crippen LogP) is 5.15. The molecule has 3 heteroatoms. The lowest BCUT2D eigenvalue weighted by molar-refractivity contribution is 0.573. The van der Waals surface area contributed by atoms with E-state index in [0.29, 0.717) is 0 Å². The maximum atomic E-state index is 6.01. The minimum Gasteiger partial charge on any atom is -0.306 e. The molecule has 0 aromatic heterocycles. The van der Waals surface area contributed by atoms with Gasteiger partial charge in [-0.1, -0.05) is 41.4 Å². The highest BCUT2D eigenvalue weighted by Crippen LogP contribution is 2.19. The smallest absolute Gasteiger partial charge is 0.0409 e. The fourth-order valence-corrected chi connectivity index (χ4v) is 2.44. The maximum Gasteiger partial charge on any atom is 0.0409 e. The van der Waals surface area contributed by atoms with Crippen molar-refractivity contribution in [3.8, 4) is 0 Å². The first-order valence-corrected chi connectivity index (χ1v) is 7.06. The van der Waals surface area contributed by atoms with Gasteiger partial charge in [-0.3, -0.25) is 0 Å². The average Bonchev–Trinajstić information content (AvgIpc) is 2.37. The van der Waals surface area contributed by atoms with Crippen molar-refractivity contribution in [3.63, 3.8) is 0 Å². The van der Waals surface area contributed by atoms with Gasteiger partial charge in [0.2, 0.25) is 0 Å². The molecule has 0 aliphatic heterocycles. The fourth-order valence-electron chi connectivity index (χ4n) is 2.01. The van der Waals surface area contributed by atoms with Crippen molar-refractivity contribution in [2.45, 2.75) is 26.4 Å². The summed E-state index contributed by atoms with van der Waals surface area (Å²) in [6.07, 6.45) is 0. The highest BCUT2D eigenvalue weighted by Gasteiger charge is 2.06. The molecule has 100 valence electrons. The zero-order valence-corrected chi connectivity index (χ0v) is 12.6. The largest absolute Gasteiger partial charge is 0.306 e. The maximum absolute atomic E-state index is 6.01. The second-order valence-corrected chi connectivity index (χ2v) is 5.60. The van der Waals surface area contributed by atoms with Crippen LogP contribution in [0.25, 0.3) is 0 Å².